The molecule has 2 amide bonds. The summed E-state index contributed by atoms with van der Waals surface area (Å²) in [7, 11) is 0. The maximum Gasteiger partial charge on any atom is 0.413 e. The summed E-state index contributed by atoms with van der Waals surface area (Å²) in [5.74, 6) is -0.644. The molecule has 0 aliphatic heterocycles. The Morgan fingerprint density at radius 1 is 0.850 bits per heavy atom. The number of ether oxygens (including phenoxy) is 2. The highest BCUT2D eigenvalue weighted by Crippen LogP contribution is 2.26. The van der Waals surface area contributed by atoms with Crippen LogP contribution in [0.3, 0.4) is 0 Å². The number of para-hydroxylation sites is 2. The third-order valence-corrected chi connectivity index (χ3v) is 5.83. The lowest BCUT2D eigenvalue weighted by molar-refractivity contribution is -0.144. The summed E-state index contributed by atoms with van der Waals surface area (Å²) in [5, 5.41) is 14.5. The molecule has 204 valence electrons. The number of aryl methyl sites for hydroxylation is 1. The molecular formula is C30H28N4O6. The Morgan fingerprint density at radius 3 is 2.23 bits per heavy atom. The molecule has 0 saturated carbocycles. The summed E-state index contributed by atoms with van der Waals surface area (Å²) >= 11 is 0. The number of hydrogen-bond acceptors (Lipinski definition) is 7. The van der Waals surface area contributed by atoms with Crippen LogP contribution in [0.25, 0.3) is 11.4 Å². The van der Waals surface area contributed by atoms with E-state index in [1.165, 1.54) is 6.92 Å². The quantitative estimate of drug-likeness (QED) is 0.240. The van der Waals surface area contributed by atoms with Gasteiger partial charge in [0.2, 0.25) is 0 Å². The molecule has 2 atom stereocenters. The number of aromatic nitrogens is 2. The van der Waals surface area contributed by atoms with Gasteiger partial charge in [-0.25, -0.2) is 19.6 Å². The van der Waals surface area contributed by atoms with Crippen molar-refractivity contribution < 1.29 is 29.0 Å². The van der Waals surface area contributed by atoms with Gasteiger partial charge in [-0.1, -0.05) is 54.6 Å². The van der Waals surface area contributed by atoms with Crippen molar-refractivity contribution in [2.24, 2.45) is 0 Å². The standard InChI is InChI=1S/C30H28N4O6/c1-18-17-26(34-30(38)40-19(2)21-9-5-4-6-10-21)33-27(31-18)22-13-15-23(16-14-22)28(35)32-24-11-7-8-12-25(24)39-20(3)29(36)37/h4-17,19-20H,1-3H3,(H,32,35)(H,36,37)(H,31,33,34,38). The highest BCUT2D eigenvalue weighted by molar-refractivity contribution is 6.05. The fourth-order valence-electron chi connectivity index (χ4n) is 3.73. The molecule has 0 bridgehead atoms. The number of nitrogens with one attached hydrogen (secondary N) is 2. The number of carboxylic acids is 1. The molecule has 10 nitrogen and oxygen atoms in total. The van der Waals surface area contributed by atoms with Crippen LogP contribution in [0.5, 0.6) is 5.75 Å². The maximum absolute atomic E-state index is 12.9. The van der Waals surface area contributed by atoms with E-state index in [1.54, 1.807) is 68.4 Å². The van der Waals surface area contributed by atoms with Crippen LogP contribution in [0, 0.1) is 6.92 Å². The minimum Gasteiger partial charge on any atom is -0.479 e. The second-order valence-corrected chi connectivity index (χ2v) is 8.93. The molecule has 3 aromatic carbocycles. The van der Waals surface area contributed by atoms with Gasteiger partial charge in [-0.2, -0.15) is 0 Å². The first kappa shape index (κ1) is 27.8. The van der Waals surface area contributed by atoms with Gasteiger partial charge in [-0.05, 0) is 50.6 Å². The molecule has 0 fully saturated rings. The third kappa shape index (κ3) is 7.19. The lowest BCUT2D eigenvalue weighted by Gasteiger charge is -2.15. The molecule has 0 aliphatic carbocycles. The highest BCUT2D eigenvalue weighted by Gasteiger charge is 2.17. The Morgan fingerprint density at radius 2 is 1.52 bits per heavy atom. The number of amides is 2. The summed E-state index contributed by atoms with van der Waals surface area (Å²) in [6.07, 6.45) is -2.17. The van der Waals surface area contributed by atoms with Crippen LogP contribution in [0.1, 0.15) is 41.6 Å². The van der Waals surface area contributed by atoms with Gasteiger partial charge in [0.25, 0.3) is 5.91 Å². The molecular weight excluding hydrogens is 512 g/mol. The second-order valence-electron chi connectivity index (χ2n) is 8.93. The topological polar surface area (TPSA) is 140 Å². The normalized spacial score (nSPS) is 12.1. The smallest absolute Gasteiger partial charge is 0.413 e. The van der Waals surface area contributed by atoms with Crippen molar-refractivity contribution in [2.75, 3.05) is 10.6 Å². The van der Waals surface area contributed by atoms with E-state index < -0.39 is 30.2 Å². The van der Waals surface area contributed by atoms with Crippen molar-refractivity contribution >= 4 is 29.5 Å². The van der Waals surface area contributed by atoms with E-state index >= 15 is 0 Å². The van der Waals surface area contributed by atoms with Gasteiger partial charge in [0.1, 0.15) is 17.7 Å². The second kappa shape index (κ2) is 12.5. The van der Waals surface area contributed by atoms with Gasteiger partial charge in [0.15, 0.2) is 11.9 Å². The van der Waals surface area contributed by atoms with E-state index in [2.05, 4.69) is 20.6 Å². The minimum absolute atomic E-state index is 0.243. The molecule has 3 N–H and O–H groups in total. The Labute approximate surface area is 231 Å². The number of carbonyl (C=O) groups is 3. The molecule has 2 unspecified atom stereocenters. The molecule has 4 rings (SSSR count). The number of carboxylic acid groups (broad SMARTS) is 1. The summed E-state index contributed by atoms with van der Waals surface area (Å²) in [5.41, 5.74) is 2.83. The van der Waals surface area contributed by atoms with E-state index in [4.69, 9.17) is 14.6 Å². The van der Waals surface area contributed by atoms with Crippen LogP contribution in [-0.2, 0) is 9.53 Å². The Kier molecular flexibility index (Phi) is 8.70. The zero-order valence-electron chi connectivity index (χ0n) is 22.1. The number of benzene rings is 3. The molecule has 0 saturated heterocycles. The number of carbonyl (C=O) groups excluding carboxylic acids is 2. The number of aliphatic carboxylic acids is 1. The lowest BCUT2D eigenvalue weighted by Crippen LogP contribution is -2.23. The predicted molar refractivity (Wildman–Crippen MR) is 149 cm³/mol. The molecule has 10 heteroatoms. The third-order valence-electron chi connectivity index (χ3n) is 5.83. The predicted octanol–water partition coefficient (Wildman–Crippen LogP) is 5.87. The van der Waals surface area contributed by atoms with Crippen LogP contribution in [0.15, 0.2) is 84.9 Å². The van der Waals surface area contributed by atoms with E-state index in [9.17, 15) is 14.4 Å². The van der Waals surface area contributed by atoms with Crippen LogP contribution in [-0.4, -0.2) is 39.1 Å². The molecule has 4 aromatic rings. The molecule has 1 aromatic heterocycles. The van der Waals surface area contributed by atoms with E-state index in [0.717, 1.165) is 5.56 Å². The van der Waals surface area contributed by atoms with Gasteiger partial charge < -0.3 is 19.9 Å². The lowest BCUT2D eigenvalue weighted by atomic mass is 10.1. The van der Waals surface area contributed by atoms with Crippen molar-refractivity contribution in [2.45, 2.75) is 33.0 Å². The minimum atomic E-state index is -1.12. The molecule has 0 aliphatic rings. The zero-order valence-corrected chi connectivity index (χ0v) is 22.1. The van der Waals surface area contributed by atoms with Gasteiger partial charge in [0, 0.05) is 22.9 Å². The summed E-state index contributed by atoms with van der Waals surface area (Å²) in [6, 6.07) is 24.2. The van der Waals surface area contributed by atoms with Crippen molar-refractivity contribution in [3.05, 3.63) is 102 Å². The van der Waals surface area contributed by atoms with Crippen molar-refractivity contribution in [1.29, 1.82) is 0 Å². The number of hydrogen-bond donors (Lipinski definition) is 3. The number of anilines is 2. The molecule has 0 radical (unpaired) electrons. The highest BCUT2D eigenvalue weighted by atomic mass is 16.6. The van der Waals surface area contributed by atoms with Crippen LogP contribution >= 0.6 is 0 Å². The largest absolute Gasteiger partial charge is 0.479 e. The Hall–Kier alpha value is -5.25. The van der Waals surface area contributed by atoms with Gasteiger partial charge in [-0.3, -0.25) is 10.1 Å². The Balaban J connectivity index is 1.44. The fraction of sp³-hybridized carbons (Fsp3) is 0.167. The van der Waals surface area contributed by atoms with E-state index in [1.807, 2.05) is 30.3 Å². The Bertz CT molecular complexity index is 1510. The van der Waals surface area contributed by atoms with Gasteiger partial charge in [-0.15, -0.1) is 0 Å². The fourth-order valence-corrected chi connectivity index (χ4v) is 3.73. The van der Waals surface area contributed by atoms with Crippen molar-refractivity contribution in [3.63, 3.8) is 0 Å². The first-order chi connectivity index (χ1) is 19.2. The van der Waals surface area contributed by atoms with Crippen LogP contribution in [0.4, 0.5) is 16.3 Å². The van der Waals surface area contributed by atoms with E-state index in [-0.39, 0.29) is 11.6 Å². The molecule has 40 heavy (non-hydrogen) atoms. The number of rotatable bonds is 9. The van der Waals surface area contributed by atoms with E-state index in [0.29, 0.717) is 28.3 Å². The van der Waals surface area contributed by atoms with Gasteiger partial charge >= 0.3 is 12.1 Å². The molecule has 1 heterocycles. The van der Waals surface area contributed by atoms with Crippen LogP contribution in [0.2, 0.25) is 0 Å². The SMILES string of the molecule is Cc1cc(NC(=O)OC(C)c2ccccc2)nc(-c2ccc(C(=O)Nc3ccccc3OC(C)C(=O)O)cc2)n1. The van der Waals surface area contributed by atoms with Gasteiger partial charge in [0.05, 0.1) is 5.69 Å². The molecule has 0 spiro atoms. The summed E-state index contributed by atoms with van der Waals surface area (Å²) in [4.78, 5) is 45.4. The van der Waals surface area contributed by atoms with Crippen molar-refractivity contribution in [1.82, 2.24) is 9.97 Å². The van der Waals surface area contributed by atoms with Crippen molar-refractivity contribution in [3.8, 4) is 17.1 Å². The first-order valence-corrected chi connectivity index (χ1v) is 12.5. The maximum atomic E-state index is 12.9. The monoisotopic (exact) mass is 540 g/mol. The zero-order chi connectivity index (χ0) is 28.6. The summed E-state index contributed by atoms with van der Waals surface area (Å²) < 4.78 is 10.9. The summed E-state index contributed by atoms with van der Waals surface area (Å²) in [6.45, 7) is 4.97. The number of nitrogens with zero attached hydrogens (tertiary/aromatic N) is 2. The average Bonchev–Trinajstić information content (AvgIpc) is 2.94. The average molecular weight is 541 g/mol. The first-order valence-electron chi connectivity index (χ1n) is 12.5. The van der Waals surface area contributed by atoms with Crippen LogP contribution < -0.4 is 15.4 Å².